The largest absolute Gasteiger partial charge is 0.469 e. The summed E-state index contributed by atoms with van der Waals surface area (Å²) in [6.45, 7) is 5.94. The first-order valence-corrected chi connectivity index (χ1v) is 9.60. The number of halogens is 1. The van der Waals surface area contributed by atoms with Crippen molar-refractivity contribution in [2.75, 3.05) is 46.1 Å². The van der Waals surface area contributed by atoms with Crippen LogP contribution in [0.25, 0.3) is 0 Å². The summed E-state index contributed by atoms with van der Waals surface area (Å²) in [4.78, 5) is 4.72. The Balaban J connectivity index is 0.00000243. The van der Waals surface area contributed by atoms with Crippen molar-refractivity contribution < 1.29 is 13.9 Å². The molecule has 1 saturated carbocycles. The van der Waals surface area contributed by atoms with Crippen molar-refractivity contribution in [2.24, 2.45) is 16.8 Å². The van der Waals surface area contributed by atoms with Gasteiger partial charge < -0.3 is 24.5 Å². The van der Waals surface area contributed by atoms with E-state index >= 15 is 0 Å². The Morgan fingerprint density at radius 1 is 1.19 bits per heavy atom. The van der Waals surface area contributed by atoms with E-state index in [2.05, 4.69) is 10.6 Å². The van der Waals surface area contributed by atoms with E-state index in [4.69, 9.17) is 18.9 Å². The van der Waals surface area contributed by atoms with Gasteiger partial charge in [0.25, 0.3) is 0 Å². The molecule has 1 unspecified atom stereocenters. The lowest BCUT2D eigenvalue weighted by atomic mass is 10.1. The molecule has 0 bridgehead atoms. The maximum absolute atomic E-state index is 5.68. The van der Waals surface area contributed by atoms with Crippen LogP contribution in [-0.2, 0) is 15.9 Å². The highest BCUT2D eigenvalue weighted by molar-refractivity contribution is 14.0. The van der Waals surface area contributed by atoms with Crippen LogP contribution < -0.4 is 10.6 Å². The van der Waals surface area contributed by atoms with E-state index in [1.165, 1.54) is 12.8 Å². The highest BCUT2D eigenvalue weighted by Crippen LogP contribution is 2.28. The van der Waals surface area contributed by atoms with Crippen molar-refractivity contribution in [3.05, 3.63) is 24.2 Å². The minimum atomic E-state index is 0. The zero-order valence-corrected chi connectivity index (χ0v) is 17.8. The number of nitrogens with zero attached hydrogens (tertiary/aromatic N) is 1. The molecule has 2 fully saturated rings. The summed E-state index contributed by atoms with van der Waals surface area (Å²) in [6.07, 6.45) is 7.37. The van der Waals surface area contributed by atoms with Crippen LogP contribution in [0, 0.1) is 11.8 Å². The van der Waals surface area contributed by atoms with E-state index in [1.807, 2.05) is 12.1 Å². The number of nitrogens with one attached hydrogen (secondary N) is 2. The Kier molecular flexibility index (Phi) is 10.4. The lowest BCUT2D eigenvalue weighted by Crippen LogP contribution is -2.39. The molecule has 1 aliphatic carbocycles. The van der Waals surface area contributed by atoms with Crippen LogP contribution in [-0.4, -0.2) is 52.0 Å². The van der Waals surface area contributed by atoms with Crippen LogP contribution in [0.4, 0.5) is 0 Å². The summed E-state index contributed by atoms with van der Waals surface area (Å²) in [5.74, 6) is 3.25. The summed E-state index contributed by atoms with van der Waals surface area (Å²) < 4.78 is 16.5. The van der Waals surface area contributed by atoms with Gasteiger partial charge in [0.05, 0.1) is 12.9 Å². The van der Waals surface area contributed by atoms with Gasteiger partial charge in [-0.05, 0) is 43.7 Å². The molecule has 1 aromatic rings. The Morgan fingerprint density at radius 2 is 2.08 bits per heavy atom. The molecule has 1 saturated heterocycles. The van der Waals surface area contributed by atoms with E-state index in [1.54, 1.807) is 6.26 Å². The molecule has 6 nitrogen and oxygen atoms in total. The first kappa shape index (κ1) is 21.5. The molecular formula is C19H32IN3O3. The summed E-state index contributed by atoms with van der Waals surface area (Å²) in [7, 11) is 0. The fourth-order valence-electron chi connectivity index (χ4n) is 2.80. The first-order chi connectivity index (χ1) is 12.4. The van der Waals surface area contributed by atoms with Crippen LogP contribution in [0.1, 0.15) is 31.4 Å². The third kappa shape index (κ3) is 8.73. The number of ether oxygens (including phenoxy) is 2. The summed E-state index contributed by atoms with van der Waals surface area (Å²) in [5.41, 5.74) is 0. The van der Waals surface area contributed by atoms with Gasteiger partial charge in [0, 0.05) is 51.8 Å². The third-order valence-electron chi connectivity index (χ3n) is 4.58. The second-order valence-corrected chi connectivity index (χ2v) is 6.97. The monoisotopic (exact) mass is 477 g/mol. The highest BCUT2D eigenvalue weighted by Gasteiger charge is 2.20. The number of guanidine groups is 1. The lowest BCUT2D eigenvalue weighted by Gasteiger charge is -2.13. The zero-order chi connectivity index (χ0) is 17.2. The van der Waals surface area contributed by atoms with Crippen molar-refractivity contribution in [3.63, 3.8) is 0 Å². The Labute approximate surface area is 173 Å². The van der Waals surface area contributed by atoms with Crippen LogP contribution in [0.15, 0.2) is 27.8 Å². The number of rotatable bonds is 11. The average molecular weight is 477 g/mol. The minimum Gasteiger partial charge on any atom is -0.469 e. The molecule has 1 aromatic heterocycles. The normalized spacial score (nSPS) is 20.0. The molecule has 0 radical (unpaired) electrons. The fourth-order valence-corrected chi connectivity index (χ4v) is 2.80. The van der Waals surface area contributed by atoms with Crippen molar-refractivity contribution >= 4 is 29.9 Å². The Morgan fingerprint density at radius 3 is 2.81 bits per heavy atom. The maximum atomic E-state index is 5.68. The van der Waals surface area contributed by atoms with E-state index in [0.717, 1.165) is 83.0 Å². The van der Waals surface area contributed by atoms with E-state index in [0.29, 0.717) is 5.92 Å². The molecule has 2 heterocycles. The van der Waals surface area contributed by atoms with Gasteiger partial charge >= 0.3 is 0 Å². The van der Waals surface area contributed by atoms with Crippen LogP contribution >= 0.6 is 24.0 Å². The topological polar surface area (TPSA) is 68.0 Å². The molecule has 0 amide bonds. The van der Waals surface area contributed by atoms with Gasteiger partial charge in [0.2, 0.25) is 0 Å². The second kappa shape index (κ2) is 12.6. The molecule has 3 rings (SSSR count). The van der Waals surface area contributed by atoms with Gasteiger partial charge in [-0.1, -0.05) is 0 Å². The molecule has 0 spiro atoms. The van der Waals surface area contributed by atoms with Gasteiger partial charge in [-0.15, -0.1) is 24.0 Å². The molecule has 1 aliphatic heterocycles. The van der Waals surface area contributed by atoms with Gasteiger partial charge in [-0.2, -0.15) is 0 Å². The molecule has 2 aliphatic rings. The van der Waals surface area contributed by atoms with E-state index in [-0.39, 0.29) is 24.0 Å². The lowest BCUT2D eigenvalue weighted by molar-refractivity contribution is 0.123. The number of hydrogen-bond acceptors (Lipinski definition) is 4. The smallest absolute Gasteiger partial charge is 0.191 e. The summed E-state index contributed by atoms with van der Waals surface area (Å²) in [5, 5.41) is 6.81. The van der Waals surface area contributed by atoms with Gasteiger partial charge in [0.15, 0.2) is 5.96 Å². The van der Waals surface area contributed by atoms with Crippen molar-refractivity contribution in [1.82, 2.24) is 10.6 Å². The number of aliphatic imine (C=N–C) groups is 1. The third-order valence-corrected chi connectivity index (χ3v) is 4.58. The molecular weight excluding hydrogens is 445 g/mol. The molecule has 7 heteroatoms. The Bertz CT molecular complexity index is 500. The van der Waals surface area contributed by atoms with Gasteiger partial charge in [0.1, 0.15) is 5.76 Å². The zero-order valence-electron chi connectivity index (χ0n) is 15.5. The quantitative estimate of drug-likeness (QED) is 0.222. The van der Waals surface area contributed by atoms with Gasteiger partial charge in [-0.25, -0.2) is 0 Å². The predicted molar refractivity (Wildman–Crippen MR) is 113 cm³/mol. The molecule has 26 heavy (non-hydrogen) atoms. The molecule has 1 atom stereocenters. The molecule has 148 valence electrons. The maximum Gasteiger partial charge on any atom is 0.191 e. The Hall–Kier alpha value is -0.800. The second-order valence-electron chi connectivity index (χ2n) is 6.97. The van der Waals surface area contributed by atoms with Crippen molar-refractivity contribution in [1.29, 1.82) is 0 Å². The standard InChI is InChI=1S/C19H31N3O3.HI/c1-3-18(25-11-1)6-9-21-19(22-13-17-7-12-24-15-17)20-8-2-10-23-14-16-4-5-16;/h1,3,11,16-17H,2,4-10,12-15H2,(H2,20,21,22);1H. The number of hydrogen-bond donors (Lipinski definition) is 2. The summed E-state index contributed by atoms with van der Waals surface area (Å²) in [6, 6.07) is 3.92. The fraction of sp³-hybridized carbons (Fsp3) is 0.737. The van der Waals surface area contributed by atoms with Crippen LogP contribution in [0.3, 0.4) is 0 Å². The first-order valence-electron chi connectivity index (χ1n) is 9.60. The average Bonchev–Trinajstić information content (AvgIpc) is 3.09. The van der Waals surface area contributed by atoms with E-state index in [9.17, 15) is 0 Å². The van der Waals surface area contributed by atoms with Gasteiger partial charge in [-0.3, -0.25) is 4.99 Å². The van der Waals surface area contributed by atoms with E-state index < -0.39 is 0 Å². The van der Waals surface area contributed by atoms with Crippen molar-refractivity contribution in [3.8, 4) is 0 Å². The van der Waals surface area contributed by atoms with Crippen molar-refractivity contribution in [2.45, 2.75) is 32.1 Å². The SMILES string of the molecule is I.c1coc(CCNC(=NCC2CCOC2)NCCCOCC2CC2)c1. The highest BCUT2D eigenvalue weighted by atomic mass is 127. The predicted octanol–water partition coefficient (Wildman–Crippen LogP) is 2.83. The summed E-state index contributed by atoms with van der Waals surface area (Å²) >= 11 is 0. The van der Waals surface area contributed by atoms with Crippen LogP contribution in [0.5, 0.6) is 0 Å². The molecule has 0 aromatic carbocycles. The molecule has 2 N–H and O–H groups in total. The number of furan rings is 1. The van der Waals surface area contributed by atoms with Crippen LogP contribution in [0.2, 0.25) is 0 Å². The minimum absolute atomic E-state index is 0.